The molecule has 2 saturated carbocycles. The molecule has 1 aromatic rings. The monoisotopic (exact) mass is 434 g/mol. The molecule has 0 N–H and O–H groups in total. The van der Waals surface area contributed by atoms with Crippen LogP contribution in [0.4, 0.5) is 13.2 Å². The minimum atomic E-state index is -1.39. The lowest BCUT2D eigenvalue weighted by Crippen LogP contribution is -2.25. The Hall–Kier alpha value is -1.25. The number of unbranched alkanes of at least 4 members (excludes halogenated alkanes) is 2. The van der Waals surface area contributed by atoms with E-state index >= 15 is 0 Å². The third kappa shape index (κ3) is 7.12. The number of hydrogen-bond acceptors (Lipinski definition) is 0. The van der Waals surface area contributed by atoms with Crippen molar-refractivity contribution in [2.24, 2.45) is 23.7 Å². The average Bonchev–Trinajstić information content (AvgIpc) is 2.78. The number of hydrogen-bond donors (Lipinski definition) is 0. The quantitative estimate of drug-likeness (QED) is 0.268. The Morgan fingerprint density at radius 2 is 1.32 bits per heavy atom. The van der Waals surface area contributed by atoms with E-state index in [2.05, 4.69) is 13.0 Å². The predicted octanol–water partition coefficient (Wildman–Crippen LogP) is 9.48. The molecule has 0 spiro atoms. The van der Waals surface area contributed by atoms with Gasteiger partial charge in [0.25, 0.3) is 0 Å². The highest BCUT2D eigenvalue weighted by Gasteiger charge is 2.30. The van der Waals surface area contributed by atoms with E-state index in [1.54, 1.807) is 0 Å². The van der Waals surface area contributed by atoms with E-state index in [0.717, 1.165) is 54.2 Å². The molecule has 0 nitrogen and oxygen atoms in total. The van der Waals surface area contributed by atoms with Gasteiger partial charge in [0.2, 0.25) is 0 Å². The van der Waals surface area contributed by atoms with Gasteiger partial charge in [-0.05, 0) is 92.4 Å². The Morgan fingerprint density at radius 1 is 0.806 bits per heavy atom. The van der Waals surface area contributed by atoms with Crippen LogP contribution in [0.1, 0.15) is 109 Å². The molecule has 0 aromatic heterocycles. The minimum Gasteiger partial charge on any atom is -0.204 e. The van der Waals surface area contributed by atoms with Crippen molar-refractivity contribution in [1.29, 1.82) is 0 Å². The van der Waals surface area contributed by atoms with Gasteiger partial charge in [-0.15, -0.1) is 0 Å². The molecule has 2 aliphatic carbocycles. The van der Waals surface area contributed by atoms with E-state index in [9.17, 15) is 13.2 Å². The van der Waals surface area contributed by atoms with Crippen molar-refractivity contribution in [2.75, 3.05) is 0 Å². The number of allylic oxidation sites excluding steroid dienone is 2. The molecule has 0 aliphatic heterocycles. The van der Waals surface area contributed by atoms with E-state index in [0.29, 0.717) is 5.56 Å². The summed E-state index contributed by atoms with van der Waals surface area (Å²) in [4.78, 5) is 0. The Labute approximate surface area is 187 Å². The second kappa shape index (κ2) is 12.1. The molecule has 0 unspecified atom stereocenters. The summed E-state index contributed by atoms with van der Waals surface area (Å²) >= 11 is 0. The second-order valence-electron chi connectivity index (χ2n) is 10.3. The largest absolute Gasteiger partial charge is 0.204 e. The van der Waals surface area contributed by atoms with Crippen molar-refractivity contribution in [3.8, 4) is 0 Å². The fourth-order valence-corrected chi connectivity index (χ4v) is 6.02. The van der Waals surface area contributed by atoms with Crippen molar-refractivity contribution in [2.45, 2.75) is 104 Å². The summed E-state index contributed by atoms with van der Waals surface area (Å²) in [6.45, 7) is 4.14. The first kappa shape index (κ1) is 24.4. The Kier molecular flexibility index (Phi) is 9.53. The van der Waals surface area contributed by atoms with Crippen LogP contribution in [0, 0.1) is 41.1 Å². The topological polar surface area (TPSA) is 0 Å². The molecule has 0 saturated heterocycles. The van der Waals surface area contributed by atoms with E-state index in [1.807, 2.05) is 6.92 Å². The number of halogens is 3. The molecular formula is C28H41F3. The molecule has 0 heterocycles. The average molecular weight is 435 g/mol. The van der Waals surface area contributed by atoms with Crippen molar-refractivity contribution in [3.63, 3.8) is 0 Å². The maximum atomic E-state index is 13.5. The standard InChI is InChI=1S/C28H41F3/c1-3-4-5-8-21-10-14-23(15-11-21)24-16-12-22(13-17-24)9-6-7-20(2)25-18-26(29)28(31)27(30)19-25/h7,18-19,21-24H,3-6,8-17H2,1-2H3. The van der Waals surface area contributed by atoms with Crippen LogP contribution in [0.15, 0.2) is 18.2 Å². The summed E-state index contributed by atoms with van der Waals surface area (Å²) < 4.78 is 40.1. The van der Waals surface area contributed by atoms with Gasteiger partial charge in [0.15, 0.2) is 17.5 Å². The fourth-order valence-electron chi connectivity index (χ4n) is 6.02. The number of rotatable bonds is 9. The normalized spacial score (nSPS) is 27.5. The highest BCUT2D eigenvalue weighted by Crippen LogP contribution is 2.43. The third-order valence-corrected chi connectivity index (χ3v) is 8.13. The van der Waals surface area contributed by atoms with Crippen molar-refractivity contribution < 1.29 is 13.2 Å². The molecule has 2 fully saturated rings. The second-order valence-corrected chi connectivity index (χ2v) is 10.3. The van der Waals surface area contributed by atoms with Crippen molar-refractivity contribution in [1.82, 2.24) is 0 Å². The molecule has 3 rings (SSSR count). The SMILES string of the molecule is CCCCCC1CCC(C2CCC(CCC=C(C)c3cc(F)c(F)c(F)c3)CC2)CC1. The number of benzene rings is 1. The van der Waals surface area contributed by atoms with Gasteiger partial charge in [0.05, 0.1) is 0 Å². The maximum Gasteiger partial charge on any atom is 0.194 e. The van der Waals surface area contributed by atoms with Crippen molar-refractivity contribution in [3.05, 3.63) is 41.2 Å². The van der Waals surface area contributed by atoms with E-state index in [1.165, 1.54) is 77.0 Å². The summed E-state index contributed by atoms with van der Waals surface area (Å²) in [5.74, 6) is 0.0547. The predicted molar refractivity (Wildman–Crippen MR) is 124 cm³/mol. The molecule has 2 aliphatic rings. The highest BCUT2D eigenvalue weighted by atomic mass is 19.2. The fraction of sp³-hybridized carbons (Fsp3) is 0.714. The molecule has 3 heteroatoms. The van der Waals surface area contributed by atoms with Gasteiger partial charge in [-0.3, -0.25) is 0 Å². The molecule has 1 aromatic carbocycles. The van der Waals surface area contributed by atoms with Gasteiger partial charge < -0.3 is 0 Å². The molecule has 174 valence electrons. The van der Waals surface area contributed by atoms with E-state index in [-0.39, 0.29) is 0 Å². The van der Waals surface area contributed by atoms with Crippen LogP contribution >= 0.6 is 0 Å². The smallest absolute Gasteiger partial charge is 0.194 e. The Bertz CT molecular complexity index is 684. The summed E-state index contributed by atoms with van der Waals surface area (Å²) in [7, 11) is 0. The molecule has 0 radical (unpaired) electrons. The van der Waals surface area contributed by atoms with Gasteiger partial charge in [0, 0.05) is 0 Å². The van der Waals surface area contributed by atoms with Crippen LogP contribution in [0.25, 0.3) is 5.57 Å². The highest BCUT2D eigenvalue weighted by molar-refractivity contribution is 5.63. The van der Waals surface area contributed by atoms with Crippen molar-refractivity contribution >= 4 is 5.57 Å². The van der Waals surface area contributed by atoms with Gasteiger partial charge in [0.1, 0.15) is 0 Å². The maximum absolute atomic E-state index is 13.5. The zero-order valence-electron chi connectivity index (χ0n) is 19.6. The molecule has 0 atom stereocenters. The summed E-state index contributed by atoms with van der Waals surface area (Å²) in [5.41, 5.74) is 1.26. The van der Waals surface area contributed by atoms with Gasteiger partial charge >= 0.3 is 0 Å². The third-order valence-electron chi connectivity index (χ3n) is 8.13. The Balaban J connectivity index is 1.36. The summed E-state index contributed by atoms with van der Waals surface area (Å²) in [5, 5.41) is 0. The molecular weight excluding hydrogens is 393 g/mol. The van der Waals surface area contributed by atoms with Gasteiger partial charge in [-0.2, -0.15) is 0 Å². The van der Waals surface area contributed by atoms with Gasteiger partial charge in [-0.1, -0.05) is 64.4 Å². The van der Waals surface area contributed by atoms with Crippen LogP contribution in [0.3, 0.4) is 0 Å². The molecule has 0 amide bonds. The lowest BCUT2D eigenvalue weighted by molar-refractivity contribution is 0.140. The zero-order valence-corrected chi connectivity index (χ0v) is 19.6. The van der Waals surface area contributed by atoms with Crippen LogP contribution in [0.2, 0.25) is 0 Å². The van der Waals surface area contributed by atoms with E-state index < -0.39 is 17.5 Å². The summed E-state index contributed by atoms with van der Waals surface area (Å²) in [6, 6.07) is 2.18. The Morgan fingerprint density at radius 3 is 1.84 bits per heavy atom. The first-order valence-electron chi connectivity index (χ1n) is 12.8. The van der Waals surface area contributed by atoms with Crippen LogP contribution in [-0.2, 0) is 0 Å². The lowest BCUT2D eigenvalue weighted by Gasteiger charge is -2.38. The molecule has 0 bridgehead atoms. The first-order chi connectivity index (χ1) is 15.0. The molecule has 31 heavy (non-hydrogen) atoms. The zero-order chi connectivity index (χ0) is 22.2. The van der Waals surface area contributed by atoms with E-state index in [4.69, 9.17) is 0 Å². The lowest BCUT2D eigenvalue weighted by atomic mass is 9.68. The minimum absolute atomic E-state index is 0.436. The summed E-state index contributed by atoms with van der Waals surface area (Å²) in [6.07, 6.45) is 21.0. The van der Waals surface area contributed by atoms with Crippen LogP contribution < -0.4 is 0 Å². The van der Waals surface area contributed by atoms with Crippen LogP contribution in [-0.4, -0.2) is 0 Å². The van der Waals surface area contributed by atoms with Gasteiger partial charge in [-0.25, -0.2) is 13.2 Å². The van der Waals surface area contributed by atoms with Crippen LogP contribution in [0.5, 0.6) is 0 Å². The first-order valence-corrected chi connectivity index (χ1v) is 12.8.